The summed E-state index contributed by atoms with van der Waals surface area (Å²) in [6.07, 6.45) is 1.51. The van der Waals surface area contributed by atoms with Gasteiger partial charge in [-0.25, -0.2) is 0 Å². The van der Waals surface area contributed by atoms with Crippen LogP contribution in [0.1, 0.15) is 46.6 Å². The van der Waals surface area contributed by atoms with E-state index in [4.69, 9.17) is 16.3 Å². The third-order valence-corrected chi connectivity index (χ3v) is 6.65. The molecular formula is C23H25ClN2O4. The van der Waals surface area contributed by atoms with Crippen LogP contribution < -0.4 is 10.2 Å². The zero-order valence-electron chi connectivity index (χ0n) is 17.5. The molecule has 30 heavy (non-hydrogen) atoms. The molecule has 1 aromatic heterocycles. The molecule has 1 spiro atoms. The van der Waals surface area contributed by atoms with Gasteiger partial charge in [-0.1, -0.05) is 11.6 Å². The van der Waals surface area contributed by atoms with Gasteiger partial charge in [0.2, 0.25) is 5.91 Å². The van der Waals surface area contributed by atoms with Crippen molar-refractivity contribution in [3.05, 3.63) is 62.0 Å². The summed E-state index contributed by atoms with van der Waals surface area (Å²) in [5, 5.41) is 0.565. The largest absolute Gasteiger partial charge is 0.486 e. The highest BCUT2D eigenvalue weighted by Crippen LogP contribution is 2.41. The monoisotopic (exact) mass is 428 g/mol. The lowest BCUT2D eigenvalue weighted by Gasteiger charge is -2.44. The summed E-state index contributed by atoms with van der Waals surface area (Å²) in [4.78, 5) is 39.0. The first-order chi connectivity index (χ1) is 14.2. The molecule has 2 aromatic rings. The van der Waals surface area contributed by atoms with Crippen molar-refractivity contribution in [2.24, 2.45) is 0 Å². The number of nitrogens with zero attached hydrogens (tertiary/aromatic N) is 2. The van der Waals surface area contributed by atoms with Gasteiger partial charge >= 0.3 is 0 Å². The molecule has 0 bridgehead atoms. The second-order valence-corrected chi connectivity index (χ2v) is 8.83. The van der Waals surface area contributed by atoms with E-state index in [0.29, 0.717) is 48.7 Å². The fraction of sp³-hybridized carbons (Fsp3) is 0.435. The molecule has 1 amide bonds. The fourth-order valence-corrected chi connectivity index (χ4v) is 4.59. The van der Waals surface area contributed by atoms with Gasteiger partial charge in [0, 0.05) is 54.5 Å². The Labute approximate surface area is 180 Å². The van der Waals surface area contributed by atoms with Crippen molar-refractivity contribution in [1.29, 1.82) is 0 Å². The smallest absolute Gasteiger partial charge is 0.242 e. The van der Waals surface area contributed by atoms with Crippen molar-refractivity contribution >= 4 is 23.3 Å². The lowest BCUT2D eigenvalue weighted by atomic mass is 9.82. The van der Waals surface area contributed by atoms with Gasteiger partial charge < -0.3 is 14.2 Å². The van der Waals surface area contributed by atoms with E-state index in [9.17, 15) is 14.4 Å². The van der Waals surface area contributed by atoms with Gasteiger partial charge in [-0.05, 0) is 38.5 Å². The van der Waals surface area contributed by atoms with Crippen molar-refractivity contribution in [1.82, 2.24) is 9.47 Å². The molecule has 4 rings (SSSR count). The summed E-state index contributed by atoms with van der Waals surface area (Å²) >= 11 is 6.17. The van der Waals surface area contributed by atoms with E-state index in [-0.39, 0.29) is 23.7 Å². The minimum Gasteiger partial charge on any atom is -0.486 e. The Morgan fingerprint density at radius 1 is 1.07 bits per heavy atom. The van der Waals surface area contributed by atoms with E-state index in [2.05, 4.69) is 0 Å². The number of likely N-dealkylation sites (tertiary alicyclic amines) is 1. The molecule has 2 aliphatic rings. The number of amides is 1. The standard InChI is InChI=1S/C23H25ClN2O4/c1-14-8-21-18(11-19(14)24)20(28)12-23(30-21)4-6-25(7-5-23)22(29)13-26-15(2)9-17(27)10-16(26)3/h8-11H,4-7,12-13H2,1-3H3. The van der Waals surface area contributed by atoms with Crippen LogP contribution >= 0.6 is 11.6 Å². The second-order valence-electron chi connectivity index (χ2n) is 8.42. The molecule has 2 aliphatic heterocycles. The number of pyridine rings is 1. The van der Waals surface area contributed by atoms with E-state index in [1.54, 1.807) is 18.2 Å². The van der Waals surface area contributed by atoms with Crippen LogP contribution in [0.2, 0.25) is 5.02 Å². The number of halogens is 1. The van der Waals surface area contributed by atoms with Gasteiger partial charge in [0.1, 0.15) is 17.9 Å². The molecule has 6 nitrogen and oxygen atoms in total. The molecule has 0 aliphatic carbocycles. The number of ether oxygens (including phenoxy) is 1. The summed E-state index contributed by atoms with van der Waals surface area (Å²) in [5.41, 5.74) is 2.34. The third-order valence-electron chi connectivity index (χ3n) is 6.24. The van der Waals surface area contributed by atoms with E-state index in [1.165, 1.54) is 0 Å². The number of carbonyl (C=O) groups is 2. The van der Waals surface area contributed by atoms with Crippen molar-refractivity contribution in [2.75, 3.05) is 13.1 Å². The average Bonchev–Trinajstić information content (AvgIpc) is 2.67. The number of piperidine rings is 1. The molecule has 7 heteroatoms. The van der Waals surface area contributed by atoms with E-state index >= 15 is 0 Å². The molecule has 0 unspecified atom stereocenters. The van der Waals surface area contributed by atoms with Crippen molar-refractivity contribution in [2.45, 2.75) is 52.2 Å². The predicted octanol–water partition coefficient (Wildman–Crippen LogP) is 3.45. The van der Waals surface area contributed by atoms with E-state index in [0.717, 1.165) is 17.0 Å². The number of hydrogen-bond donors (Lipinski definition) is 0. The second kappa shape index (κ2) is 7.58. The summed E-state index contributed by atoms with van der Waals surface area (Å²) < 4.78 is 8.17. The first-order valence-corrected chi connectivity index (χ1v) is 10.5. The summed E-state index contributed by atoms with van der Waals surface area (Å²) in [6, 6.07) is 6.60. The summed E-state index contributed by atoms with van der Waals surface area (Å²) in [6.45, 7) is 6.82. The Bertz CT molecular complexity index is 1070. The predicted molar refractivity (Wildman–Crippen MR) is 114 cm³/mol. The number of aromatic nitrogens is 1. The Morgan fingerprint density at radius 2 is 1.70 bits per heavy atom. The molecular weight excluding hydrogens is 404 g/mol. The van der Waals surface area contributed by atoms with Gasteiger partial charge in [-0.2, -0.15) is 0 Å². The van der Waals surface area contributed by atoms with Crippen molar-refractivity contribution < 1.29 is 14.3 Å². The molecule has 0 saturated carbocycles. The van der Waals surface area contributed by atoms with Crippen LogP contribution in [-0.2, 0) is 11.3 Å². The minimum absolute atomic E-state index is 0.00450. The number of ketones is 1. The fourth-order valence-electron chi connectivity index (χ4n) is 4.43. The Kier molecular flexibility index (Phi) is 5.22. The number of Topliss-reactive ketones (excluding diaryl/α,β-unsaturated/α-hetero) is 1. The van der Waals surface area contributed by atoms with Gasteiger partial charge in [0.05, 0.1) is 12.0 Å². The first kappa shape index (κ1) is 20.7. The van der Waals surface area contributed by atoms with E-state index < -0.39 is 5.60 Å². The highest BCUT2D eigenvalue weighted by Gasteiger charge is 2.43. The zero-order chi connectivity index (χ0) is 21.6. The van der Waals surface area contributed by atoms with Crippen molar-refractivity contribution in [3.63, 3.8) is 0 Å². The first-order valence-electron chi connectivity index (χ1n) is 10.2. The van der Waals surface area contributed by atoms with Crippen LogP contribution in [-0.4, -0.2) is 39.8 Å². The molecule has 0 radical (unpaired) electrons. The number of benzene rings is 1. The van der Waals surface area contributed by atoms with Crippen LogP contribution in [0, 0.1) is 20.8 Å². The zero-order valence-corrected chi connectivity index (χ0v) is 18.2. The van der Waals surface area contributed by atoms with Gasteiger partial charge in [-0.3, -0.25) is 14.4 Å². The molecule has 3 heterocycles. The lowest BCUT2D eigenvalue weighted by Crippen LogP contribution is -2.52. The maximum Gasteiger partial charge on any atom is 0.242 e. The van der Waals surface area contributed by atoms with Crippen LogP contribution in [0.5, 0.6) is 5.75 Å². The van der Waals surface area contributed by atoms with Gasteiger partial charge in [0.15, 0.2) is 11.2 Å². The number of carbonyl (C=O) groups excluding carboxylic acids is 2. The Balaban J connectivity index is 1.46. The molecule has 1 saturated heterocycles. The maximum atomic E-state index is 12.9. The molecule has 0 N–H and O–H groups in total. The highest BCUT2D eigenvalue weighted by molar-refractivity contribution is 6.31. The van der Waals surface area contributed by atoms with Crippen molar-refractivity contribution in [3.8, 4) is 5.75 Å². The molecule has 0 atom stereocenters. The summed E-state index contributed by atoms with van der Waals surface area (Å²) in [7, 11) is 0. The topological polar surface area (TPSA) is 68.6 Å². The van der Waals surface area contributed by atoms with Gasteiger partial charge in [-0.15, -0.1) is 0 Å². The molecule has 1 aromatic carbocycles. The van der Waals surface area contributed by atoms with Crippen LogP contribution in [0.25, 0.3) is 0 Å². The number of aryl methyl sites for hydroxylation is 3. The Hall–Kier alpha value is -2.60. The van der Waals surface area contributed by atoms with Gasteiger partial charge in [0.25, 0.3) is 0 Å². The highest BCUT2D eigenvalue weighted by atomic mass is 35.5. The SMILES string of the molecule is Cc1cc2c(cc1Cl)C(=O)CC1(CCN(C(=O)Cn3c(C)cc(=O)cc3C)CC1)O2. The summed E-state index contributed by atoms with van der Waals surface area (Å²) in [5.74, 6) is 0.634. The number of rotatable bonds is 2. The third kappa shape index (κ3) is 3.76. The Morgan fingerprint density at radius 3 is 2.33 bits per heavy atom. The maximum absolute atomic E-state index is 12.9. The molecule has 1 fully saturated rings. The van der Waals surface area contributed by atoms with Crippen LogP contribution in [0.4, 0.5) is 0 Å². The quantitative estimate of drug-likeness (QED) is 0.734. The average molecular weight is 429 g/mol. The van der Waals surface area contributed by atoms with Crippen LogP contribution in [0.3, 0.4) is 0 Å². The number of fused-ring (bicyclic) bond motifs is 1. The van der Waals surface area contributed by atoms with Crippen LogP contribution in [0.15, 0.2) is 29.1 Å². The number of hydrogen-bond acceptors (Lipinski definition) is 4. The lowest BCUT2D eigenvalue weighted by molar-refractivity contribution is -0.135. The van der Waals surface area contributed by atoms with E-state index in [1.807, 2.05) is 36.3 Å². The minimum atomic E-state index is -0.565. The normalized spacial score (nSPS) is 17.6. The molecule has 158 valence electrons.